The Kier molecular flexibility index (Phi) is 13.4. The summed E-state index contributed by atoms with van der Waals surface area (Å²) in [6.45, 7) is 13.0. The van der Waals surface area contributed by atoms with Crippen LogP contribution < -0.4 is 0 Å². The van der Waals surface area contributed by atoms with E-state index in [9.17, 15) is 0 Å². The predicted molar refractivity (Wildman–Crippen MR) is 322 cm³/mol. The van der Waals surface area contributed by atoms with Crippen molar-refractivity contribution in [2.75, 3.05) is 6.61 Å². The molecule has 0 spiro atoms. The molecular formula is C70H57N5O2. The van der Waals surface area contributed by atoms with Crippen LogP contribution in [0, 0.1) is 0 Å². The van der Waals surface area contributed by atoms with Gasteiger partial charge in [-0.3, -0.25) is 4.57 Å². The Hall–Kier alpha value is -9.59. The van der Waals surface area contributed by atoms with Crippen molar-refractivity contribution >= 4 is 68.7 Å². The highest BCUT2D eigenvalue weighted by Crippen LogP contribution is 2.42. The van der Waals surface area contributed by atoms with Crippen molar-refractivity contribution in [3.63, 3.8) is 0 Å². The van der Waals surface area contributed by atoms with Crippen molar-refractivity contribution < 1.29 is 9.15 Å². The summed E-state index contributed by atoms with van der Waals surface area (Å²) in [6.07, 6.45) is 55.5. The fourth-order valence-corrected chi connectivity index (χ4v) is 10.7. The first-order chi connectivity index (χ1) is 38.0. The van der Waals surface area contributed by atoms with E-state index in [0.29, 0.717) is 12.4 Å². The maximum atomic E-state index is 6.32. The molecule has 0 N–H and O–H groups in total. The van der Waals surface area contributed by atoms with Crippen LogP contribution in [0.15, 0.2) is 235 Å². The lowest BCUT2D eigenvalue weighted by Gasteiger charge is -2.14. The van der Waals surface area contributed by atoms with Crippen LogP contribution in [0.1, 0.15) is 78.6 Å². The van der Waals surface area contributed by atoms with Crippen molar-refractivity contribution in [1.82, 2.24) is 24.1 Å². The van der Waals surface area contributed by atoms with Gasteiger partial charge in [0.25, 0.3) is 0 Å². The van der Waals surface area contributed by atoms with Crippen LogP contribution in [0.25, 0.3) is 103 Å². The number of fused-ring (bicyclic) bond motifs is 6. The normalized spacial score (nSPS) is 18.4. The average Bonchev–Trinajstić information content (AvgIpc) is 4.20. The first-order valence-corrected chi connectivity index (χ1v) is 26.4. The maximum Gasteiger partial charge on any atom is 0.161 e. The second-order valence-electron chi connectivity index (χ2n) is 19.3. The molecule has 1 aliphatic heterocycles. The molecule has 0 saturated carbocycles. The van der Waals surface area contributed by atoms with Crippen molar-refractivity contribution in [1.29, 1.82) is 0 Å². The maximum absolute atomic E-state index is 6.32. The second-order valence-corrected chi connectivity index (χ2v) is 19.3. The van der Waals surface area contributed by atoms with Crippen LogP contribution in [-0.2, 0) is 4.74 Å². The second kappa shape index (κ2) is 21.3. The average molecular weight is 1000 g/mol. The molecule has 8 aromatic rings. The number of allylic oxidation sites excluding steroid dienone is 21. The smallest absolute Gasteiger partial charge is 0.161 e. The predicted octanol–water partition coefficient (Wildman–Crippen LogP) is 18.0. The third kappa shape index (κ3) is 9.38. The highest BCUT2D eigenvalue weighted by atomic mass is 16.5. The van der Waals surface area contributed by atoms with Gasteiger partial charge in [0.2, 0.25) is 0 Å². The number of pyridine rings is 1. The zero-order valence-corrected chi connectivity index (χ0v) is 43.3. The van der Waals surface area contributed by atoms with Crippen molar-refractivity contribution in [3.8, 4) is 34.2 Å². The van der Waals surface area contributed by atoms with Gasteiger partial charge in [-0.05, 0) is 117 Å². The number of ether oxygens (including phenoxy) is 1. The Labute approximate surface area is 449 Å². The van der Waals surface area contributed by atoms with Crippen molar-refractivity contribution in [3.05, 3.63) is 270 Å². The number of hydrogen-bond acceptors (Lipinski definition) is 5. The first kappa shape index (κ1) is 48.4. The number of nitrogens with zero attached hydrogens (tertiary/aromatic N) is 5. The molecule has 0 fully saturated rings. The van der Waals surface area contributed by atoms with Gasteiger partial charge in [0.1, 0.15) is 29.5 Å². The molecule has 77 heavy (non-hydrogen) atoms. The van der Waals surface area contributed by atoms with Crippen LogP contribution >= 0.6 is 0 Å². The third-order valence-electron chi connectivity index (χ3n) is 14.4. The minimum atomic E-state index is -0.239. The molecule has 3 aromatic carbocycles. The number of hydrogen-bond donors (Lipinski definition) is 0. The molecule has 0 bridgehead atoms. The molecule has 4 aliphatic rings. The Morgan fingerprint density at radius 3 is 2.49 bits per heavy atom. The Bertz CT molecular complexity index is 4130. The zero-order valence-electron chi connectivity index (χ0n) is 43.3. The molecule has 1 atom stereocenters. The van der Waals surface area contributed by atoms with Gasteiger partial charge < -0.3 is 13.7 Å². The van der Waals surface area contributed by atoms with E-state index >= 15 is 0 Å². The minimum absolute atomic E-state index is 0.239. The molecule has 6 heterocycles. The molecule has 3 aliphatic carbocycles. The monoisotopic (exact) mass is 999 g/mol. The van der Waals surface area contributed by atoms with E-state index in [1.54, 1.807) is 6.08 Å². The van der Waals surface area contributed by atoms with Crippen LogP contribution in [-0.4, -0.2) is 30.7 Å². The fourth-order valence-electron chi connectivity index (χ4n) is 10.7. The topological polar surface area (TPSA) is 70.9 Å². The first-order valence-electron chi connectivity index (χ1n) is 26.4. The zero-order chi connectivity index (χ0) is 52.2. The highest BCUT2D eigenvalue weighted by molar-refractivity contribution is 6.14. The van der Waals surface area contributed by atoms with Crippen LogP contribution in [0.4, 0.5) is 0 Å². The summed E-state index contributed by atoms with van der Waals surface area (Å²) in [5.74, 6) is 2.56. The lowest BCUT2D eigenvalue weighted by molar-refractivity contribution is 0.259. The van der Waals surface area contributed by atoms with Crippen molar-refractivity contribution in [2.24, 2.45) is 0 Å². The molecule has 7 heteroatoms. The summed E-state index contributed by atoms with van der Waals surface area (Å²) < 4.78 is 17.3. The molecule has 5 aromatic heterocycles. The van der Waals surface area contributed by atoms with Crippen LogP contribution in [0.5, 0.6) is 0 Å². The van der Waals surface area contributed by atoms with Crippen molar-refractivity contribution in [2.45, 2.75) is 39.0 Å². The fraction of sp³-hybridized carbons (Fsp3) is 0.100. The lowest BCUT2D eigenvalue weighted by atomic mass is 10.0. The van der Waals surface area contributed by atoms with E-state index in [4.69, 9.17) is 24.1 Å². The number of rotatable bonds is 10. The standard InChI is InChI=1S/C70H57N5O2/c1-5-8-14-27-52-46-74(67-45-61(49-34-37-54-47(4)24-15-13-20-42-76-65(54)40-35-49)72-70(73-67)51-36-41-66-58(44-51)56(23-6-2)64(7-3)77-66)69-55(52)38-39-63-68(69)57-30-18-12-19-33-62(57)75(63)53-29-21-28-50(43-53)60-32-22-31-59(71-60)48-25-16-10-9-11-17-26-48/h5-11,13-16,18-24,26-41,43-46,49H,3-4,12,17,25,42H2,1-2H3/b8-5-,11-9-,16-10?,20-13-,23-6-,24-15-,27-14-,48-26+. The third-order valence-corrected chi connectivity index (χ3v) is 14.4. The molecule has 12 rings (SSSR count). The molecule has 7 nitrogen and oxygen atoms in total. The van der Waals surface area contributed by atoms with E-state index in [0.717, 1.165) is 137 Å². The van der Waals surface area contributed by atoms with Gasteiger partial charge in [-0.2, -0.15) is 0 Å². The van der Waals surface area contributed by atoms with Gasteiger partial charge in [0.15, 0.2) is 5.82 Å². The SMILES string of the molecule is C=Cc1oc2ccc(-c3nc(C4C=CC5=C(C=C4)C(=C)/C=C\C=C/CO5)cc(-n4cc(/C=C\C=C/C)c5ccc6c(c7c(n6-c6cccc(-c8cccc(/C9=C/C/C=C\C=CC9)n8)c6)C=CCC=C7)c54)n3)cc2c1/C=C\C. The Balaban J connectivity index is 1.08. The molecule has 0 saturated heterocycles. The van der Waals surface area contributed by atoms with E-state index in [-0.39, 0.29) is 5.92 Å². The van der Waals surface area contributed by atoms with E-state index < -0.39 is 0 Å². The van der Waals surface area contributed by atoms with Crippen LogP contribution in [0.3, 0.4) is 0 Å². The summed E-state index contributed by atoms with van der Waals surface area (Å²) >= 11 is 0. The summed E-state index contributed by atoms with van der Waals surface area (Å²) in [4.78, 5) is 16.3. The lowest BCUT2D eigenvalue weighted by Crippen LogP contribution is -2.05. The minimum Gasteiger partial charge on any atom is -0.489 e. The molecule has 374 valence electrons. The number of benzene rings is 3. The van der Waals surface area contributed by atoms with E-state index in [2.05, 4.69) is 199 Å². The van der Waals surface area contributed by atoms with E-state index in [1.165, 1.54) is 5.57 Å². The summed E-state index contributed by atoms with van der Waals surface area (Å²) in [7, 11) is 0. The van der Waals surface area contributed by atoms with Gasteiger partial charge >= 0.3 is 0 Å². The molecule has 0 amide bonds. The van der Waals surface area contributed by atoms with E-state index in [1.807, 2.05) is 62.4 Å². The van der Waals surface area contributed by atoms with Gasteiger partial charge in [-0.1, -0.05) is 159 Å². The highest BCUT2D eigenvalue weighted by Gasteiger charge is 2.25. The van der Waals surface area contributed by atoms with Crippen LogP contribution in [0.2, 0.25) is 0 Å². The summed E-state index contributed by atoms with van der Waals surface area (Å²) in [5.41, 5.74) is 15.9. The van der Waals surface area contributed by atoms with Gasteiger partial charge in [-0.15, -0.1) is 0 Å². The molecule has 0 radical (unpaired) electrons. The largest absolute Gasteiger partial charge is 0.489 e. The van der Waals surface area contributed by atoms with Gasteiger partial charge in [0, 0.05) is 73.4 Å². The Morgan fingerprint density at radius 1 is 0.714 bits per heavy atom. The summed E-state index contributed by atoms with van der Waals surface area (Å²) in [5, 5.41) is 3.18. The quantitative estimate of drug-likeness (QED) is 0.128. The molecule has 1 unspecified atom stereocenters. The Morgan fingerprint density at radius 2 is 1.58 bits per heavy atom. The van der Waals surface area contributed by atoms with Gasteiger partial charge in [-0.25, -0.2) is 15.0 Å². The number of furan rings is 1. The van der Waals surface area contributed by atoms with Gasteiger partial charge in [0.05, 0.1) is 33.8 Å². The molecular weight excluding hydrogens is 943 g/mol. The summed E-state index contributed by atoms with van der Waals surface area (Å²) in [6, 6.07) is 28.0. The number of aromatic nitrogens is 5.